The Morgan fingerprint density at radius 2 is 2.26 bits per heavy atom. The molecule has 1 aromatic carbocycles. The van der Waals surface area contributed by atoms with Crippen LogP contribution < -0.4 is 10.6 Å². The van der Waals surface area contributed by atoms with Crippen molar-refractivity contribution in [3.63, 3.8) is 0 Å². The second-order valence-electron chi connectivity index (χ2n) is 5.23. The fourth-order valence-electron chi connectivity index (χ4n) is 2.40. The Bertz CT molecular complexity index is 461. The predicted molar refractivity (Wildman–Crippen MR) is 80.9 cm³/mol. The zero-order valence-corrected chi connectivity index (χ0v) is 12.6. The summed E-state index contributed by atoms with van der Waals surface area (Å²) in [4.78, 5) is 13.5. The van der Waals surface area contributed by atoms with Crippen LogP contribution in [0.15, 0.2) is 23.1 Å². The van der Waals surface area contributed by atoms with Crippen LogP contribution in [-0.4, -0.2) is 31.3 Å². The molecule has 0 spiro atoms. The molecule has 0 aromatic heterocycles. The van der Waals surface area contributed by atoms with E-state index in [-0.39, 0.29) is 11.9 Å². The number of carbonyl (C=O) groups excluding carboxylic acids is 1. The van der Waals surface area contributed by atoms with Gasteiger partial charge in [0.15, 0.2) is 0 Å². The van der Waals surface area contributed by atoms with E-state index in [2.05, 4.69) is 23.6 Å². The highest BCUT2D eigenvalue weighted by Gasteiger charge is 2.23. The molecule has 1 fully saturated rings. The number of piperidine rings is 1. The maximum Gasteiger partial charge on any atom is 0.251 e. The van der Waals surface area contributed by atoms with Crippen LogP contribution >= 0.6 is 11.8 Å². The Morgan fingerprint density at radius 1 is 1.47 bits per heavy atom. The summed E-state index contributed by atoms with van der Waals surface area (Å²) < 4.78 is 0. The highest BCUT2D eigenvalue weighted by molar-refractivity contribution is 7.98. The number of carbonyl (C=O) groups is 1. The molecule has 1 amide bonds. The van der Waals surface area contributed by atoms with Crippen molar-refractivity contribution in [1.29, 1.82) is 0 Å². The van der Waals surface area contributed by atoms with Crippen molar-refractivity contribution in [2.24, 2.45) is 5.92 Å². The van der Waals surface area contributed by atoms with E-state index >= 15 is 0 Å². The second kappa shape index (κ2) is 6.44. The van der Waals surface area contributed by atoms with Crippen molar-refractivity contribution in [1.82, 2.24) is 10.6 Å². The van der Waals surface area contributed by atoms with Gasteiger partial charge < -0.3 is 10.6 Å². The van der Waals surface area contributed by atoms with Crippen molar-refractivity contribution >= 4 is 17.7 Å². The second-order valence-corrected chi connectivity index (χ2v) is 6.11. The van der Waals surface area contributed by atoms with Crippen LogP contribution in [-0.2, 0) is 0 Å². The van der Waals surface area contributed by atoms with Crippen molar-refractivity contribution < 1.29 is 4.79 Å². The van der Waals surface area contributed by atoms with Gasteiger partial charge in [0, 0.05) is 23.0 Å². The first kappa shape index (κ1) is 14.4. The fraction of sp³-hybridized carbons (Fsp3) is 0.533. The van der Waals surface area contributed by atoms with Crippen molar-refractivity contribution in [3.05, 3.63) is 29.3 Å². The Kier molecular flexibility index (Phi) is 4.88. The van der Waals surface area contributed by atoms with Gasteiger partial charge in [0.2, 0.25) is 0 Å². The summed E-state index contributed by atoms with van der Waals surface area (Å²) in [6.07, 6.45) is 3.15. The minimum atomic E-state index is 0.0500. The number of amides is 1. The first-order chi connectivity index (χ1) is 9.11. The van der Waals surface area contributed by atoms with Crippen LogP contribution in [0, 0.1) is 12.8 Å². The van der Waals surface area contributed by atoms with Crippen molar-refractivity contribution in [2.45, 2.75) is 31.2 Å². The van der Waals surface area contributed by atoms with Gasteiger partial charge in [-0.05, 0) is 49.8 Å². The number of rotatable bonds is 3. The average Bonchev–Trinajstić information content (AvgIpc) is 2.42. The quantitative estimate of drug-likeness (QED) is 0.835. The van der Waals surface area contributed by atoms with Crippen LogP contribution in [0.2, 0.25) is 0 Å². The maximum atomic E-state index is 12.4. The van der Waals surface area contributed by atoms with E-state index in [1.54, 1.807) is 11.8 Å². The molecule has 104 valence electrons. The number of hydrogen-bond acceptors (Lipinski definition) is 3. The zero-order chi connectivity index (χ0) is 13.8. The average molecular weight is 278 g/mol. The first-order valence-electron chi connectivity index (χ1n) is 6.78. The highest BCUT2D eigenvalue weighted by atomic mass is 32.2. The number of nitrogens with one attached hydrogen (secondary N) is 2. The molecule has 2 rings (SSSR count). The van der Waals surface area contributed by atoms with Gasteiger partial charge >= 0.3 is 0 Å². The Morgan fingerprint density at radius 3 is 2.95 bits per heavy atom. The van der Waals surface area contributed by atoms with E-state index in [1.807, 2.05) is 25.3 Å². The summed E-state index contributed by atoms with van der Waals surface area (Å²) in [6.45, 7) is 6.11. The van der Waals surface area contributed by atoms with Gasteiger partial charge in [-0.15, -0.1) is 11.8 Å². The summed E-state index contributed by atoms with van der Waals surface area (Å²) in [7, 11) is 0. The van der Waals surface area contributed by atoms with Crippen LogP contribution in [0.1, 0.15) is 29.3 Å². The van der Waals surface area contributed by atoms with E-state index < -0.39 is 0 Å². The van der Waals surface area contributed by atoms with E-state index in [1.165, 1.54) is 0 Å². The van der Waals surface area contributed by atoms with E-state index in [0.29, 0.717) is 5.92 Å². The number of benzene rings is 1. The normalized spacial score (nSPS) is 23.1. The van der Waals surface area contributed by atoms with Gasteiger partial charge in [-0.2, -0.15) is 0 Å². The van der Waals surface area contributed by atoms with Gasteiger partial charge in [0.25, 0.3) is 5.91 Å². The molecular formula is C15H22N2OS. The summed E-state index contributed by atoms with van der Waals surface area (Å²) in [5, 5.41) is 6.51. The van der Waals surface area contributed by atoms with Crippen molar-refractivity contribution in [2.75, 3.05) is 19.3 Å². The minimum Gasteiger partial charge on any atom is -0.348 e. The number of aryl methyl sites for hydroxylation is 1. The Labute approximate surface area is 119 Å². The third-order valence-corrected chi connectivity index (χ3v) is 4.56. The smallest absolute Gasteiger partial charge is 0.251 e. The molecule has 1 saturated heterocycles. The zero-order valence-electron chi connectivity index (χ0n) is 11.8. The molecule has 2 N–H and O–H groups in total. The van der Waals surface area contributed by atoms with Crippen LogP contribution in [0.4, 0.5) is 0 Å². The Hall–Kier alpha value is -1.00. The third-order valence-electron chi connectivity index (χ3n) is 3.83. The van der Waals surface area contributed by atoms with Gasteiger partial charge in [0.05, 0.1) is 0 Å². The lowest BCUT2D eigenvalue weighted by Gasteiger charge is -2.30. The lowest BCUT2D eigenvalue weighted by Crippen LogP contribution is -2.50. The molecule has 1 heterocycles. The molecule has 1 aliphatic rings. The maximum absolute atomic E-state index is 12.4. The fourth-order valence-corrected chi connectivity index (χ4v) is 2.84. The molecule has 1 aromatic rings. The lowest BCUT2D eigenvalue weighted by atomic mass is 9.94. The van der Waals surface area contributed by atoms with Crippen LogP contribution in [0.3, 0.4) is 0 Å². The van der Waals surface area contributed by atoms with E-state index in [9.17, 15) is 4.79 Å². The van der Waals surface area contributed by atoms with Gasteiger partial charge in [-0.3, -0.25) is 4.79 Å². The standard InChI is InChI=1S/C15H22N2OS/c1-10-4-5-12(19-3)8-13(10)15(18)17-14-9-16-7-6-11(14)2/h4-5,8,11,14,16H,6-7,9H2,1-3H3,(H,17,18). The first-order valence-corrected chi connectivity index (χ1v) is 8.00. The van der Waals surface area contributed by atoms with Gasteiger partial charge in [-0.25, -0.2) is 0 Å². The lowest BCUT2D eigenvalue weighted by molar-refractivity contribution is 0.0914. The summed E-state index contributed by atoms with van der Waals surface area (Å²) in [6, 6.07) is 6.29. The van der Waals surface area contributed by atoms with E-state index in [4.69, 9.17) is 0 Å². The molecule has 2 atom stereocenters. The largest absolute Gasteiger partial charge is 0.348 e. The molecule has 1 aliphatic heterocycles. The monoisotopic (exact) mass is 278 g/mol. The summed E-state index contributed by atoms with van der Waals surface area (Å²) >= 11 is 1.66. The molecule has 0 bridgehead atoms. The van der Waals surface area contributed by atoms with Crippen molar-refractivity contribution in [3.8, 4) is 0 Å². The molecule has 19 heavy (non-hydrogen) atoms. The molecule has 0 saturated carbocycles. The molecule has 3 nitrogen and oxygen atoms in total. The Balaban J connectivity index is 2.10. The minimum absolute atomic E-state index is 0.0500. The molecular weight excluding hydrogens is 256 g/mol. The van der Waals surface area contributed by atoms with Crippen LogP contribution in [0.5, 0.6) is 0 Å². The number of thioether (sulfide) groups is 1. The SMILES string of the molecule is CSc1ccc(C)c(C(=O)NC2CNCCC2C)c1. The predicted octanol–water partition coefficient (Wildman–Crippen LogP) is 2.44. The molecule has 2 unspecified atom stereocenters. The highest BCUT2D eigenvalue weighted by Crippen LogP contribution is 2.20. The third kappa shape index (κ3) is 3.51. The topological polar surface area (TPSA) is 41.1 Å². The summed E-state index contributed by atoms with van der Waals surface area (Å²) in [5.74, 6) is 0.586. The van der Waals surface area contributed by atoms with E-state index in [0.717, 1.165) is 35.5 Å². The van der Waals surface area contributed by atoms with Gasteiger partial charge in [0.1, 0.15) is 0 Å². The summed E-state index contributed by atoms with van der Waals surface area (Å²) in [5.41, 5.74) is 1.83. The molecule has 4 heteroatoms. The van der Waals surface area contributed by atoms with Crippen LogP contribution in [0.25, 0.3) is 0 Å². The molecule has 0 aliphatic carbocycles. The number of hydrogen-bond donors (Lipinski definition) is 2. The van der Waals surface area contributed by atoms with Gasteiger partial charge in [-0.1, -0.05) is 13.0 Å². The molecule has 0 radical (unpaired) electrons.